The molecular weight excluding hydrogens is 243 g/mol. The number of carbonyl (C=O) groups excluding carboxylic acids is 1. The Morgan fingerprint density at radius 3 is 2.33 bits per heavy atom. The predicted octanol–water partition coefficient (Wildman–Crippen LogP) is 2.49. The second-order valence-corrected chi connectivity index (χ2v) is 3.35. The predicted molar refractivity (Wildman–Crippen MR) is 52.1 cm³/mol. The summed E-state index contributed by atoms with van der Waals surface area (Å²) >= 11 is 8.79. The molecular formula is C7H6BrClN2O. The van der Waals surface area contributed by atoms with Crippen LogP contribution in [0.4, 0.5) is 10.5 Å². The molecule has 0 unspecified atom stereocenters. The number of hydrogen-bond donors (Lipinski definition) is 1. The Hall–Kier alpha value is -0.740. The van der Waals surface area contributed by atoms with Crippen molar-refractivity contribution in [2.24, 2.45) is 5.73 Å². The van der Waals surface area contributed by atoms with Crippen molar-refractivity contribution in [3.05, 3.63) is 28.7 Å². The number of nitrogens with zero attached hydrogens (tertiary/aromatic N) is 1. The van der Waals surface area contributed by atoms with Gasteiger partial charge in [0.05, 0.1) is 5.69 Å². The molecule has 0 aromatic heterocycles. The van der Waals surface area contributed by atoms with Crippen molar-refractivity contribution >= 4 is 39.4 Å². The lowest BCUT2D eigenvalue weighted by Gasteiger charge is -2.09. The Morgan fingerprint density at radius 1 is 1.42 bits per heavy atom. The van der Waals surface area contributed by atoms with Crippen molar-refractivity contribution in [1.29, 1.82) is 0 Å². The fourth-order valence-electron chi connectivity index (χ4n) is 0.699. The van der Waals surface area contributed by atoms with Crippen LogP contribution < -0.4 is 10.2 Å². The van der Waals surface area contributed by atoms with Crippen molar-refractivity contribution in [1.82, 2.24) is 0 Å². The van der Waals surface area contributed by atoms with Crippen LogP contribution in [0.2, 0.25) is 0 Å². The minimum Gasteiger partial charge on any atom is -0.350 e. The third-order valence-electron chi connectivity index (χ3n) is 1.25. The summed E-state index contributed by atoms with van der Waals surface area (Å²) in [6, 6.07) is 6.21. The largest absolute Gasteiger partial charge is 0.350 e. The van der Waals surface area contributed by atoms with Gasteiger partial charge in [-0.15, -0.1) is 0 Å². The van der Waals surface area contributed by atoms with Gasteiger partial charge in [0, 0.05) is 16.2 Å². The van der Waals surface area contributed by atoms with Crippen LogP contribution in [-0.2, 0) is 0 Å². The zero-order chi connectivity index (χ0) is 9.14. The molecule has 0 radical (unpaired) electrons. The van der Waals surface area contributed by atoms with Gasteiger partial charge in [-0.05, 0) is 24.3 Å². The van der Waals surface area contributed by atoms with Crippen LogP contribution in [0.25, 0.3) is 0 Å². The summed E-state index contributed by atoms with van der Waals surface area (Å²) in [7, 11) is 0. The number of primary amides is 1. The Bertz CT molecular complexity index is 288. The van der Waals surface area contributed by atoms with Gasteiger partial charge in [-0.25, -0.2) is 9.21 Å². The number of halogens is 2. The van der Waals surface area contributed by atoms with Gasteiger partial charge in [0.15, 0.2) is 0 Å². The highest BCUT2D eigenvalue weighted by Gasteiger charge is 2.07. The third kappa shape index (κ3) is 2.12. The van der Waals surface area contributed by atoms with Gasteiger partial charge in [0.2, 0.25) is 0 Å². The number of rotatable bonds is 1. The molecule has 0 aliphatic carbocycles. The van der Waals surface area contributed by atoms with E-state index >= 15 is 0 Å². The number of urea groups is 1. The molecule has 2 N–H and O–H groups in total. The standard InChI is InChI=1S/C7H6BrClN2O/c8-5-1-3-6(4-2-5)11(9)7(10)12/h1-4H,(H2,10,12). The fraction of sp³-hybridized carbons (Fsp3) is 0. The van der Waals surface area contributed by atoms with E-state index in [1.807, 2.05) is 0 Å². The van der Waals surface area contributed by atoms with Crippen molar-refractivity contribution < 1.29 is 4.79 Å². The summed E-state index contributed by atoms with van der Waals surface area (Å²) in [5.74, 6) is 0. The van der Waals surface area contributed by atoms with Crippen LogP contribution in [0.5, 0.6) is 0 Å². The fourth-order valence-corrected chi connectivity index (χ4v) is 1.08. The van der Waals surface area contributed by atoms with Gasteiger partial charge in [0.1, 0.15) is 0 Å². The first kappa shape index (κ1) is 9.35. The molecule has 12 heavy (non-hydrogen) atoms. The topological polar surface area (TPSA) is 46.3 Å². The Kier molecular flexibility index (Phi) is 2.94. The maximum absolute atomic E-state index is 10.6. The van der Waals surface area contributed by atoms with Crippen molar-refractivity contribution in [3.8, 4) is 0 Å². The normalized spacial score (nSPS) is 9.50. The molecule has 0 heterocycles. The van der Waals surface area contributed by atoms with Gasteiger partial charge >= 0.3 is 6.03 Å². The van der Waals surface area contributed by atoms with E-state index in [1.54, 1.807) is 24.3 Å². The average molecular weight is 249 g/mol. The molecule has 0 saturated heterocycles. The molecule has 3 nitrogen and oxygen atoms in total. The molecule has 1 rings (SSSR count). The summed E-state index contributed by atoms with van der Waals surface area (Å²) < 4.78 is 1.77. The van der Waals surface area contributed by atoms with Gasteiger partial charge < -0.3 is 5.73 Å². The molecule has 0 saturated carbocycles. The Morgan fingerprint density at radius 2 is 1.92 bits per heavy atom. The third-order valence-corrected chi connectivity index (χ3v) is 2.14. The Labute approximate surface area is 83.3 Å². The molecule has 0 fully saturated rings. The van der Waals surface area contributed by atoms with Gasteiger partial charge in [-0.3, -0.25) is 0 Å². The second-order valence-electron chi connectivity index (χ2n) is 2.10. The molecule has 5 heteroatoms. The summed E-state index contributed by atoms with van der Waals surface area (Å²) in [4.78, 5) is 10.6. The van der Waals surface area contributed by atoms with E-state index in [1.165, 1.54) is 0 Å². The number of nitrogens with two attached hydrogens (primary N) is 1. The lowest BCUT2D eigenvalue weighted by atomic mass is 10.3. The molecule has 0 bridgehead atoms. The highest BCUT2D eigenvalue weighted by atomic mass is 79.9. The molecule has 0 atom stereocenters. The summed E-state index contributed by atoms with van der Waals surface area (Å²) in [6.45, 7) is 0. The minimum atomic E-state index is -0.695. The van der Waals surface area contributed by atoms with Crippen LogP contribution >= 0.6 is 27.7 Å². The van der Waals surface area contributed by atoms with Crippen LogP contribution in [-0.4, -0.2) is 6.03 Å². The first-order valence-corrected chi connectivity index (χ1v) is 4.25. The maximum atomic E-state index is 10.6. The number of amides is 2. The van der Waals surface area contributed by atoms with Gasteiger partial charge in [-0.2, -0.15) is 0 Å². The molecule has 0 spiro atoms. The number of hydrogen-bond acceptors (Lipinski definition) is 1. The quantitative estimate of drug-likeness (QED) is 0.764. The molecule has 2 amide bonds. The lowest BCUT2D eigenvalue weighted by Crippen LogP contribution is -2.26. The van der Waals surface area contributed by atoms with E-state index in [0.29, 0.717) is 5.69 Å². The molecule has 64 valence electrons. The van der Waals surface area contributed by atoms with Gasteiger partial charge in [-0.1, -0.05) is 15.9 Å². The second kappa shape index (κ2) is 3.78. The molecule has 0 aliphatic heterocycles. The lowest BCUT2D eigenvalue weighted by molar-refractivity contribution is 0.257. The zero-order valence-corrected chi connectivity index (χ0v) is 8.34. The van der Waals surface area contributed by atoms with E-state index in [0.717, 1.165) is 8.89 Å². The van der Waals surface area contributed by atoms with Gasteiger partial charge in [0.25, 0.3) is 0 Å². The highest BCUT2D eigenvalue weighted by molar-refractivity contribution is 9.10. The molecule has 0 aliphatic rings. The monoisotopic (exact) mass is 248 g/mol. The van der Waals surface area contributed by atoms with Crippen LogP contribution in [0.15, 0.2) is 28.7 Å². The number of benzene rings is 1. The van der Waals surface area contributed by atoms with E-state index in [4.69, 9.17) is 17.5 Å². The van der Waals surface area contributed by atoms with E-state index < -0.39 is 6.03 Å². The van der Waals surface area contributed by atoms with Crippen LogP contribution in [0.1, 0.15) is 0 Å². The highest BCUT2D eigenvalue weighted by Crippen LogP contribution is 2.19. The summed E-state index contributed by atoms with van der Waals surface area (Å²) in [5, 5.41) is 0. The van der Waals surface area contributed by atoms with Crippen LogP contribution in [0.3, 0.4) is 0 Å². The van der Waals surface area contributed by atoms with Crippen molar-refractivity contribution in [2.75, 3.05) is 4.42 Å². The number of carbonyl (C=O) groups is 1. The maximum Gasteiger partial charge on any atom is 0.334 e. The first-order valence-electron chi connectivity index (χ1n) is 3.12. The SMILES string of the molecule is NC(=O)N(Cl)c1ccc(Br)cc1. The van der Waals surface area contributed by atoms with E-state index in [-0.39, 0.29) is 0 Å². The average Bonchev–Trinajstić information content (AvgIpc) is 2.04. The van der Waals surface area contributed by atoms with Crippen LogP contribution in [0, 0.1) is 0 Å². The van der Waals surface area contributed by atoms with Crippen molar-refractivity contribution in [2.45, 2.75) is 0 Å². The van der Waals surface area contributed by atoms with E-state index in [2.05, 4.69) is 15.9 Å². The summed E-state index contributed by atoms with van der Waals surface area (Å²) in [6.07, 6.45) is 0. The smallest absolute Gasteiger partial charge is 0.334 e. The number of anilines is 1. The molecule has 1 aromatic carbocycles. The molecule has 1 aromatic rings. The zero-order valence-electron chi connectivity index (χ0n) is 6.00. The Balaban J connectivity index is 2.89. The summed E-state index contributed by atoms with van der Waals surface area (Å²) in [5.41, 5.74) is 5.50. The minimum absolute atomic E-state index is 0.548. The van der Waals surface area contributed by atoms with Crippen molar-refractivity contribution in [3.63, 3.8) is 0 Å². The first-order chi connectivity index (χ1) is 5.61. The van der Waals surface area contributed by atoms with E-state index in [9.17, 15) is 4.79 Å².